The lowest BCUT2D eigenvalue weighted by Gasteiger charge is -2.34. The van der Waals surface area contributed by atoms with E-state index in [0.717, 1.165) is 23.1 Å². The van der Waals surface area contributed by atoms with Crippen LogP contribution in [0.2, 0.25) is 5.02 Å². The van der Waals surface area contributed by atoms with E-state index in [1.54, 1.807) is 25.3 Å². The lowest BCUT2D eigenvalue weighted by molar-refractivity contribution is -0.141. The molecule has 1 fully saturated rings. The molecule has 1 heterocycles. The van der Waals surface area contributed by atoms with Gasteiger partial charge in [0.25, 0.3) is 0 Å². The van der Waals surface area contributed by atoms with Crippen LogP contribution in [0.3, 0.4) is 0 Å². The van der Waals surface area contributed by atoms with Gasteiger partial charge in [0.05, 0.1) is 11.5 Å². The van der Waals surface area contributed by atoms with Crippen LogP contribution in [0.4, 0.5) is 0 Å². The van der Waals surface area contributed by atoms with E-state index in [2.05, 4.69) is 4.72 Å². The lowest BCUT2D eigenvalue weighted by Crippen LogP contribution is -2.45. The fourth-order valence-electron chi connectivity index (χ4n) is 5.08. The first-order valence-electron chi connectivity index (χ1n) is 13.2. The summed E-state index contributed by atoms with van der Waals surface area (Å²) in [4.78, 5) is 16.1. The summed E-state index contributed by atoms with van der Waals surface area (Å²) in [6.45, 7) is 4.65. The quantitative estimate of drug-likeness (QED) is 0.392. The molecule has 0 saturated carbocycles. The number of nitrogens with zero attached hydrogens (tertiary/aromatic N) is 1. The normalized spacial score (nSPS) is 17.8. The summed E-state index contributed by atoms with van der Waals surface area (Å²) in [6, 6.07) is 10.6. The molecule has 0 spiro atoms. The summed E-state index contributed by atoms with van der Waals surface area (Å²) in [5, 5.41) is 0.571. The zero-order chi connectivity index (χ0) is 27.1. The molecule has 1 atom stereocenters. The molecule has 1 amide bonds. The number of sulfonamides is 1. The fraction of sp³-hybridized carbons (Fsp3) is 0.536. The monoisotopic (exact) mass is 564 g/mol. The van der Waals surface area contributed by atoms with Crippen molar-refractivity contribution in [1.82, 2.24) is 9.62 Å². The fourth-order valence-corrected chi connectivity index (χ4v) is 6.45. The molecule has 1 N–H and O–H groups in total. The minimum atomic E-state index is -3.57. The number of benzene rings is 2. The number of rotatable bonds is 12. The van der Waals surface area contributed by atoms with E-state index in [-0.39, 0.29) is 22.8 Å². The van der Waals surface area contributed by atoms with Gasteiger partial charge in [0.2, 0.25) is 15.9 Å². The highest BCUT2D eigenvalue weighted by atomic mass is 35.5. The number of carbonyl (C=O) groups is 1. The molecule has 0 bridgehead atoms. The molecule has 208 valence electrons. The molecule has 10 heteroatoms. The van der Waals surface area contributed by atoms with Gasteiger partial charge >= 0.3 is 0 Å². The van der Waals surface area contributed by atoms with Gasteiger partial charge in [0.1, 0.15) is 12.4 Å². The third-order valence-electron chi connectivity index (χ3n) is 7.14. The van der Waals surface area contributed by atoms with Crippen LogP contribution in [-0.4, -0.2) is 65.3 Å². The molecule has 2 aromatic rings. The highest BCUT2D eigenvalue weighted by Crippen LogP contribution is 2.33. The van der Waals surface area contributed by atoms with Gasteiger partial charge in [0.15, 0.2) is 0 Å². The van der Waals surface area contributed by atoms with Gasteiger partial charge < -0.3 is 19.1 Å². The average Bonchev–Trinajstić information content (AvgIpc) is 3.35. The number of carbonyl (C=O) groups excluding carboxylic acids is 1. The Bertz CT molecular complexity index is 1220. The molecule has 4 rings (SSSR count). The molecule has 8 nitrogen and oxygen atoms in total. The Hall–Kier alpha value is -2.17. The zero-order valence-corrected chi connectivity index (χ0v) is 23.7. The van der Waals surface area contributed by atoms with Gasteiger partial charge in [-0.3, -0.25) is 4.79 Å². The Labute approximate surface area is 230 Å². The van der Waals surface area contributed by atoms with Gasteiger partial charge in [0, 0.05) is 56.0 Å². The van der Waals surface area contributed by atoms with Crippen LogP contribution in [0.15, 0.2) is 41.3 Å². The number of fused-ring (bicyclic) bond motifs is 1. The Morgan fingerprint density at radius 1 is 1.11 bits per heavy atom. The first kappa shape index (κ1) is 28.8. The average molecular weight is 565 g/mol. The van der Waals surface area contributed by atoms with Crippen molar-refractivity contribution < 1.29 is 27.4 Å². The van der Waals surface area contributed by atoms with Crippen LogP contribution in [-0.2, 0) is 43.7 Å². The SMILES string of the molecule is CCCNS(=O)(=O)c1ccc2c(c1)CC(N(Cc1cc(Cl)ccc1OCCOC)C(=O)C1CCOCC1)C2. The van der Waals surface area contributed by atoms with Gasteiger partial charge in [-0.1, -0.05) is 24.6 Å². The number of ether oxygens (including phenoxy) is 3. The van der Waals surface area contributed by atoms with Crippen molar-refractivity contribution in [3.63, 3.8) is 0 Å². The number of methoxy groups -OCH3 is 1. The summed E-state index contributed by atoms with van der Waals surface area (Å²) in [6.07, 6.45) is 3.34. The van der Waals surface area contributed by atoms with Crippen LogP contribution < -0.4 is 9.46 Å². The Balaban J connectivity index is 1.60. The van der Waals surface area contributed by atoms with Crippen LogP contribution in [0, 0.1) is 5.92 Å². The zero-order valence-electron chi connectivity index (χ0n) is 22.1. The van der Waals surface area contributed by atoms with Gasteiger partial charge in [-0.05, 0) is 73.6 Å². The standard InChI is InChI=1S/C28H37ClN2O6S/c1-3-10-30-38(33,34)26-6-4-21-16-25(17-22(21)18-26)31(28(32)20-8-11-36-12-9-20)19-23-15-24(29)5-7-27(23)37-14-13-35-2/h4-7,15,18,20,25,30H,3,8-14,16-17,19H2,1-2H3. The van der Waals surface area contributed by atoms with Crippen LogP contribution >= 0.6 is 11.6 Å². The Morgan fingerprint density at radius 3 is 2.61 bits per heavy atom. The number of hydrogen-bond acceptors (Lipinski definition) is 6. The van der Waals surface area contributed by atoms with E-state index in [1.807, 2.05) is 30.0 Å². The number of amides is 1. The van der Waals surface area contributed by atoms with Crippen molar-refractivity contribution in [3.05, 3.63) is 58.1 Å². The first-order chi connectivity index (χ1) is 18.3. The maximum Gasteiger partial charge on any atom is 0.240 e. The number of halogens is 1. The summed E-state index contributed by atoms with van der Waals surface area (Å²) in [5.74, 6) is 0.646. The van der Waals surface area contributed by atoms with E-state index in [4.69, 9.17) is 25.8 Å². The van der Waals surface area contributed by atoms with Crippen LogP contribution in [0.1, 0.15) is 42.9 Å². The molecule has 1 saturated heterocycles. The molecule has 38 heavy (non-hydrogen) atoms. The van der Waals surface area contributed by atoms with Crippen molar-refractivity contribution >= 4 is 27.5 Å². The van der Waals surface area contributed by atoms with Gasteiger partial charge in [-0.25, -0.2) is 13.1 Å². The molecule has 1 aliphatic heterocycles. The highest BCUT2D eigenvalue weighted by Gasteiger charge is 2.35. The molecule has 1 unspecified atom stereocenters. The van der Waals surface area contributed by atoms with Crippen molar-refractivity contribution in [1.29, 1.82) is 0 Å². The molecule has 0 radical (unpaired) electrons. The summed E-state index contributed by atoms with van der Waals surface area (Å²) < 4.78 is 44.7. The maximum atomic E-state index is 13.9. The Kier molecular flexibility index (Phi) is 10.1. The molecular weight excluding hydrogens is 528 g/mol. The van der Waals surface area contributed by atoms with Gasteiger partial charge in [-0.15, -0.1) is 0 Å². The smallest absolute Gasteiger partial charge is 0.240 e. The number of hydrogen-bond donors (Lipinski definition) is 1. The van der Waals surface area contributed by atoms with E-state index in [9.17, 15) is 13.2 Å². The van der Waals surface area contributed by atoms with Crippen molar-refractivity contribution in [2.75, 3.05) is 40.1 Å². The molecule has 2 aromatic carbocycles. The summed E-state index contributed by atoms with van der Waals surface area (Å²) in [5.41, 5.74) is 2.86. The predicted molar refractivity (Wildman–Crippen MR) is 146 cm³/mol. The highest BCUT2D eigenvalue weighted by molar-refractivity contribution is 7.89. The molecule has 2 aliphatic rings. The third kappa shape index (κ3) is 7.07. The van der Waals surface area contributed by atoms with E-state index in [0.29, 0.717) is 76.0 Å². The maximum absolute atomic E-state index is 13.9. The second-order valence-corrected chi connectivity index (χ2v) is 12.0. The predicted octanol–water partition coefficient (Wildman–Crippen LogP) is 3.98. The van der Waals surface area contributed by atoms with Crippen LogP contribution in [0.5, 0.6) is 5.75 Å². The Morgan fingerprint density at radius 2 is 1.87 bits per heavy atom. The first-order valence-corrected chi connectivity index (χ1v) is 15.1. The molecule has 1 aliphatic carbocycles. The minimum absolute atomic E-state index is 0.0892. The molecule has 0 aromatic heterocycles. The van der Waals surface area contributed by atoms with E-state index >= 15 is 0 Å². The topological polar surface area (TPSA) is 94.2 Å². The van der Waals surface area contributed by atoms with Crippen molar-refractivity contribution in [2.24, 2.45) is 5.92 Å². The number of nitrogens with one attached hydrogen (secondary N) is 1. The van der Waals surface area contributed by atoms with Crippen LogP contribution in [0.25, 0.3) is 0 Å². The molecular formula is C28H37ClN2O6S. The second kappa shape index (κ2) is 13.3. The summed E-state index contributed by atoms with van der Waals surface area (Å²) in [7, 11) is -1.95. The van der Waals surface area contributed by atoms with Crippen molar-refractivity contribution in [2.45, 2.75) is 56.5 Å². The summed E-state index contributed by atoms with van der Waals surface area (Å²) >= 11 is 6.36. The lowest BCUT2D eigenvalue weighted by atomic mass is 9.96. The minimum Gasteiger partial charge on any atom is -0.491 e. The third-order valence-corrected chi connectivity index (χ3v) is 8.84. The van der Waals surface area contributed by atoms with E-state index < -0.39 is 10.0 Å². The largest absolute Gasteiger partial charge is 0.491 e. The second-order valence-electron chi connectivity index (χ2n) is 9.84. The van der Waals surface area contributed by atoms with Crippen molar-refractivity contribution in [3.8, 4) is 5.75 Å². The van der Waals surface area contributed by atoms with E-state index in [1.165, 1.54) is 0 Å². The van der Waals surface area contributed by atoms with Gasteiger partial charge in [-0.2, -0.15) is 0 Å².